The van der Waals surface area contributed by atoms with Gasteiger partial charge in [0.15, 0.2) is 17.3 Å². The number of amides is 4. The summed E-state index contributed by atoms with van der Waals surface area (Å²) in [6.45, 7) is 6.85. The van der Waals surface area contributed by atoms with Gasteiger partial charge in [0, 0.05) is 65.8 Å². The van der Waals surface area contributed by atoms with Crippen LogP contribution in [0.25, 0.3) is 0 Å². The first kappa shape index (κ1) is 54.4. The van der Waals surface area contributed by atoms with E-state index in [0.717, 1.165) is 42.3 Å². The number of anilines is 3. The zero-order valence-corrected chi connectivity index (χ0v) is 45.3. The molecule has 5 atom stereocenters. The van der Waals surface area contributed by atoms with E-state index in [1.807, 2.05) is 66.4 Å². The molecule has 4 aliphatic rings. The van der Waals surface area contributed by atoms with Crippen molar-refractivity contribution in [3.63, 3.8) is 0 Å². The molecule has 16 nitrogen and oxygen atoms in total. The molecule has 17 heteroatoms. The molecular weight excluding hydrogens is 1000 g/mol. The van der Waals surface area contributed by atoms with Crippen LogP contribution >= 0.6 is 0 Å². The predicted octanol–water partition coefficient (Wildman–Crippen LogP) is 8.73. The fraction of sp³-hybridized carbons (Fsp3) is 0.400. The van der Waals surface area contributed by atoms with E-state index in [0.29, 0.717) is 101 Å². The number of fused-ring (bicyclic) bond motifs is 8. The number of aryl methyl sites for hydroxylation is 2. The van der Waals surface area contributed by atoms with Gasteiger partial charge in [0.1, 0.15) is 30.0 Å². The predicted molar refractivity (Wildman–Crippen MR) is 291 cm³/mol. The van der Waals surface area contributed by atoms with Crippen LogP contribution in [0.1, 0.15) is 125 Å². The number of hydrogen-bond donors (Lipinski definition) is 2. The molecule has 77 heavy (non-hydrogen) atoms. The molecule has 0 saturated heterocycles. The number of ketones is 2. The van der Waals surface area contributed by atoms with Gasteiger partial charge >= 0.3 is 0 Å². The van der Waals surface area contributed by atoms with Crippen molar-refractivity contribution in [1.29, 1.82) is 0 Å². The maximum Gasteiger partial charge on any atom is 0.272 e. The Bertz CT molecular complexity index is 3260. The second-order valence-electron chi connectivity index (χ2n) is 20.7. The number of methoxy groups -OCH3 is 1. The number of unbranched alkanes of at least 4 members (excludes halogenated alkanes) is 1. The van der Waals surface area contributed by atoms with Crippen molar-refractivity contribution in [2.24, 2.45) is 5.92 Å². The second kappa shape index (κ2) is 23.1. The number of carbonyl (C=O) groups excluding carboxylic acids is 6. The molecule has 0 aromatic heterocycles. The topological polar surface area (TPSA) is 204 Å². The van der Waals surface area contributed by atoms with Crippen LogP contribution < -0.4 is 34.6 Å². The molecular formula is C60H66N4O12S. The number of hydrogen-bond acceptors (Lipinski definition) is 12. The molecule has 4 amide bonds. The number of Topliss-reactive ketones (excluding diaryl/α,β-unsaturated/α-hetero) is 2. The lowest BCUT2D eigenvalue weighted by molar-refractivity contribution is -0.129. The van der Waals surface area contributed by atoms with Gasteiger partial charge in [-0.25, -0.2) is 0 Å². The molecule has 5 aromatic carbocycles. The van der Waals surface area contributed by atoms with Crippen LogP contribution in [0.4, 0.5) is 17.1 Å². The molecule has 404 valence electrons. The number of carbonyl (C=O) groups is 6. The van der Waals surface area contributed by atoms with Crippen LogP contribution in [0.15, 0.2) is 91.0 Å². The summed E-state index contributed by atoms with van der Waals surface area (Å²) < 4.78 is 51.1. The average Bonchev–Trinajstić information content (AvgIpc) is 3.94. The SMILES string of the molecule is CCC(=O)CCCCC(=O)N[C@@H](C)C(=O)C[C@H](C)C(=O)Nc1cc(COc2cc3c(cc2C)C(=O)N2c4ccccc4C[C@H]2C(S(=O)(=O)OC)C3)cc(COc2cc3c(cc2OC)C(=O)N2c4ccccc4C[C@H]2CC3)c1. The standard InChI is InChI=1S/C60H66N4O12S/c1-7-46(65)16-10-13-19-57(67)61-37(4)52(66)23-36(3)58(68)62-44-25-38(24-39(26-44)34-76-55-29-40-20-21-45-27-41-14-8-11-17-49(41)63(45)59(69)48(40)32-54(55)73-5)33-75-53-30-43-31-56(77(71,72)74-6)51-28-42-15-9-12-18-50(42)64(51)60(70)47(43)22-35(53)2/h8-9,11-12,14-15,17-18,22,24-26,29-30,32,36-37,45,51,56H,7,10,13,16,19-21,23,27-28,31,33-34H2,1-6H3,(H,61,67)(H,62,68)/t36-,37-,45+,51-,56?/m0/s1. The maximum absolute atomic E-state index is 14.4. The van der Waals surface area contributed by atoms with Crippen molar-refractivity contribution in [2.45, 2.75) is 135 Å². The third-order valence-corrected chi connectivity index (χ3v) is 17.1. The van der Waals surface area contributed by atoms with Crippen LogP contribution in [-0.4, -0.2) is 81.2 Å². The highest BCUT2D eigenvalue weighted by Gasteiger charge is 2.48. The molecule has 2 N–H and O–H groups in total. The smallest absolute Gasteiger partial charge is 0.272 e. The molecule has 9 rings (SSSR count). The maximum atomic E-state index is 14.4. The molecule has 0 fully saturated rings. The molecule has 0 aliphatic carbocycles. The molecule has 0 bridgehead atoms. The Hall–Kier alpha value is -7.37. The van der Waals surface area contributed by atoms with E-state index in [2.05, 4.69) is 16.7 Å². The van der Waals surface area contributed by atoms with E-state index in [-0.39, 0.29) is 67.8 Å². The van der Waals surface area contributed by atoms with Crippen LogP contribution in [0.2, 0.25) is 0 Å². The average molecular weight is 1070 g/mol. The van der Waals surface area contributed by atoms with E-state index in [4.69, 9.17) is 18.4 Å². The Morgan fingerprint density at radius 2 is 1.34 bits per heavy atom. The minimum absolute atomic E-state index is 0.00723. The summed E-state index contributed by atoms with van der Waals surface area (Å²) in [5, 5.41) is 4.64. The third-order valence-electron chi connectivity index (χ3n) is 15.4. The summed E-state index contributed by atoms with van der Waals surface area (Å²) in [6.07, 6.45) is 4.60. The number of benzene rings is 5. The zero-order chi connectivity index (χ0) is 54.7. The van der Waals surface area contributed by atoms with Gasteiger partial charge in [-0.2, -0.15) is 8.42 Å². The molecule has 4 aliphatic heterocycles. The van der Waals surface area contributed by atoms with Gasteiger partial charge in [-0.05, 0) is 152 Å². The molecule has 0 spiro atoms. The van der Waals surface area contributed by atoms with Gasteiger partial charge in [-0.1, -0.05) is 50.2 Å². The number of para-hydroxylation sites is 2. The molecule has 5 aromatic rings. The lowest BCUT2D eigenvalue weighted by atomic mass is 9.97. The third kappa shape index (κ3) is 11.7. The monoisotopic (exact) mass is 1070 g/mol. The van der Waals surface area contributed by atoms with E-state index in [1.54, 1.807) is 56.0 Å². The Labute approximate surface area is 449 Å². The molecule has 0 radical (unpaired) electrons. The van der Waals surface area contributed by atoms with Crippen molar-refractivity contribution in [3.8, 4) is 17.2 Å². The Morgan fingerprint density at radius 1 is 0.714 bits per heavy atom. The lowest BCUT2D eigenvalue weighted by Gasteiger charge is -2.28. The highest BCUT2D eigenvalue weighted by atomic mass is 32.2. The summed E-state index contributed by atoms with van der Waals surface area (Å²) in [7, 11) is -1.45. The van der Waals surface area contributed by atoms with E-state index >= 15 is 0 Å². The summed E-state index contributed by atoms with van der Waals surface area (Å²) in [5.74, 6) is -0.839. The van der Waals surface area contributed by atoms with E-state index < -0.39 is 39.3 Å². The second-order valence-corrected chi connectivity index (χ2v) is 22.6. The highest BCUT2D eigenvalue weighted by molar-refractivity contribution is 7.87. The summed E-state index contributed by atoms with van der Waals surface area (Å²) >= 11 is 0. The zero-order valence-electron chi connectivity index (χ0n) is 44.4. The Morgan fingerprint density at radius 3 is 2.03 bits per heavy atom. The van der Waals surface area contributed by atoms with Gasteiger partial charge in [-0.15, -0.1) is 0 Å². The van der Waals surface area contributed by atoms with Gasteiger partial charge in [-0.3, -0.25) is 33.0 Å². The van der Waals surface area contributed by atoms with E-state index in [9.17, 15) is 37.2 Å². The van der Waals surface area contributed by atoms with E-state index in [1.165, 1.54) is 7.11 Å². The van der Waals surface area contributed by atoms with Gasteiger partial charge in [0.05, 0.1) is 26.3 Å². The van der Waals surface area contributed by atoms with Gasteiger partial charge in [0.25, 0.3) is 21.9 Å². The van der Waals surface area contributed by atoms with Crippen molar-refractivity contribution >= 4 is 62.4 Å². The number of nitrogens with one attached hydrogen (secondary N) is 2. The van der Waals surface area contributed by atoms with Crippen molar-refractivity contribution in [1.82, 2.24) is 5.32 Å². The van der Waals surface area contributed by atoms with Crippen molar-refractivity contribution in [2.75, 3.05) is 29.3 Å². The summed E-state index contributed by atoms with van der Waals surface area (Å²) in [6, 6.07) is 26.4. The first-order valence-electron chi connectivity index (χ1n) is 26.5. The minimum Gasteiger partial charge on any atom is -0.493 e. The molecule has 1 unspecified atom stereocenters. The van der Waals surface area contributed by atoms with Crippen LogP contribution in [0.5, 0.6) is 17.2 Å². The van der Waals surface area contributed by atoms with Crippen molar-refractivity contribution < 1.29 is 55.6 Å². The number of nitrogens with zero attached hydrogens (tertiary/aromatic N) is 2. The van der Waals surface area contributed by atoms with Gasteiger partial charge in [0.2, 0.25) is 11.8 Å². The molecule has 4 heterocycles. The van der Waals surface area contributed by atoms with Crippen LogP contribution in [-0.2, 0) is 72.4 Å². The van der Waals surface area contributed by atoms with Gasteiger partial charge < -0.3 is 34.6 Å². The first-order valence-corrected chi connectivity index (χ1v) is 27.9. The van der Waals surface area contributed by atoms with Crippen LogP contribution in [0.3, 0.4) is 0 Å². The minimum atomic E-state index is -4.11. The fourth-order valence-corrected chi connectivity index (χ4v) is 12.4. The quantitative estimate of drug-likeness (QED) is 0.0523. The summed E-state index contributed by atoms with van der Waals surface area (Å²) in [5.41, 5.74) is 8.22. The highest BCUT2D eigenvalue weighted by Crippen LogP contribution is 2.43. The Balaban J connectivity index is 0.952. The van der Waals surface area contributed by atoms with Crippen molar-refractivity contribution in [3.05, 3.63) is 141 Å². The number of ether oxygens (including phenoxy) is 3. The summed E-state index contributed by atoms with van der Waals surface area (Å²) in [4.78, 5) is 83.5. The number of rotatable bonds is 21. The lowest BCUT2D eigenvalue weighted by Crippen LogP contribution is -2.47. The Kier molecular flexibility index (Phi) is 16.3. The first-order chi connectivity index (χ1) is 37.0. The largest absolute Gasteiger partial charge is 0.493 e. The fourth-order valence-electron chi connectivity index (χ4n) is 11.2. The normalized spacial score (nSPS) is 18.0. The van der Waals surface area contributed by atoms with Crippen LogP contribution in [0, 0.1) is 12.8 Å². The molecule has 0 saturated carbocycles.